The van der Waals surface area contributed by atoms with Gasteiger partial charge in [0.25, 0.3) is 0 Å². The molecule has 108 valence electrons. The summed E-state index contributed by atoms with van der Waals surface area (Å²) in [4.78, 5) is 26.5. The van der Waals surface area contributed by atoms with Crippen molar-refractivity contribution >= 4 is 39.3 Å². The van der Waals surface area contributed by atoms with E-state index in [0.29, 0.717) is 11.4 Å². The maximum absolute atomic E-state index is 11.9. The number of benzene rings is 1. The summed E-state index contributed by atoms with van der Waals surface area (Å²) in [5.74, 6) is -1.10. The third kappa shape index (κ3) is 4.03. The van der Waals surface area contributed by atoms with E-state index in [-0.39, 0.29) is 5.56 Å². The highest BCUT2D eigenvalue weighted by Gasteiger charge is 2.08. The monoisotopic (exact) mass is 349 g/mol. The lowest BCUT2D eigenvalue weighted by Crippen LogP contribution is -2.20. The Morgan fingerprint density at radius 1 is 1.19 bits per heavy atom. The first-order valence-corrected chi connectivity index (χ1v) is 6.77. The maximum Gasteiger partial charge on any atom is 0.337 e. The van der Waals surface area contributed by atoms with E-state index in [0.717, 1.165) is 10.0 Å². The van der Waals surface area contributed by atoms with Crippen LogP contribution < -0.4 is 10.6 Å². The Labute approximate surface area is 129 Å². The van der Waals surface area contributed by atoms with Gasteiger partial charge in [0.2, 0.25) is 0 Å². The van der Waals surface area contributed by atoms with E-state index in [1.54, 1.807) is 0 Å². The van der Waals surface area contributed by atoms with Crippen LogP contribution in [-0.2, 0) is 0 Å². The number of nitrogens with zero attached hydrogens (tertiary/aromatic N) is 1. The second-order valence-corrected chi connectivity index (χ2v) is 5.18. The molecule has 0 unspecified atom stereocenters. The van der Waals surface area contributed by atoms with Crippen molar-refractivity contribution in [1.29, 1.82) is 0 Å². The lowest BCUT2D eigenvalue weighted by Gasteiger charge is -2.10. The second kappa shape index (κ2) is 6.36. The number of anilines is 2. The molecule has 0 bridgehead atoms. The van der Waals surface area contributed by atoms with Gasteiger partial charge in [-0.1, -0.05) is 6.07 Å². The predicted molar refractivity (Wildman–Crippen MR) is 82.7 cm³/mol. The van der Waals surface area contributed by atoms with Crippen molar-refractivity contribution < 1.29 is 14.7 Å². The number of rotatable bonds is 3. The molecule has 1 heterocycles. The number of carboxylic acids is 1. The fraction of sp³-hybridized carbons (Fsp3) is 0.0714. The summed E-state index contributed by atoms with van der Waals surface area (Å²) in [6, 6.07) is 6.41. The van der Waals surface area contributed by atoms with Crippen LogP contribution in [-0.4, -0.2) is 22.1 Å². The van der Waals surface area contributed by atoms with Gasteiger partial charge in [-0.2, -0.15) is 0 Å². The molecule has 0 saturated heterocycles. The number of hydrogen-bond acceptors (Lipinski definition) is 3. The van der Waals surface area contributed by atoms with Crippen LogP contribution >= 0.6 is 15.9 Å². The van der Waals surface area contributed by atoms with E-state index in [2.05, 4.69) is 31.5 Å². The van der Waals surface area contributed by atoms with Gasteiger partial charge in [-0.15, -0.1) is 0 Å². The predicted octanol–water partition coefficient (Wildman–Crippen LogP) is 3.49. The fourth-order valence-corrected chi connectivity index (χ4v) is 1.99. The third-order valence-electron chi connectivity index (χ3n) is 2.61. The number of nitrogens with one attached hydrogen (secondary N) is 2. The number of hydrogen-bond donors (Lipinski definition) is 3. The standard InChI is InChI=1S/C14H12BrN3O3/c1-8-2-3-11(15)12(4-8)18-14(21)17-10-5-9(13(19)20)6-16-7-10/h2-7H,1H3,(H,19,20)(H2,17,18,21). The average molecular weight is 350 g/mol. The molecule has 0 aliphatic rings. The van der Waals surface area contributed by atoms with Crippen molar-refractivity contribution in [1.82, 2.24) is 4.98 Å². The highest BCUT2D eigenvalue weighted by molar-refractivity contribution is 9.10. The smallest absolute Gasteiger partial charge is 0.337 e. The first-order chi connectivity index (χ1) is 9.95. The van der Waals surface area contributed by atoms with E-state index in [1.807, 2.05) is 25.1 Å². The molecule has 0 saturated carbocycles. The van der Waals surface area contributed by atoms with Crippen LogP contribution in [0, 0.1) is 6.92 Å². The van der Waals surface area contributed by atoms with Gasteiger partial charge in [0.15, 0.2) is 0 Å². The van der Waals surface area contributed by atoms with Gasteiger partial charge >= 0.3 is 12.0 Å². The number of carboxylic acid groups (broad SMARTS) is 1. The van der Waals surface area contributed by atoms with Crippen molar-refractivity contribution in [2.24, 2.45) is 0 Å². The first-order valence-electron chi connectivity index (χ1n) is 5.98. The van der Waals surface area contributed by atoms with Gasteiger partial charge in [-0.3, -0.25) is 4.98 Å². The molecule has 0 spiro atoms. The molecular formula is C14H12BrN3O3. The summed E-state index contributed by atoms with van der Waals surface area (Å²) in [7, 11) is 0. The van der Waals surface area contributed by atoms with Crippen molar-refractivity contribution in [3.8, 4) is 0 Å². The molecule has 2 rings (SSSR count). The van der Waals surface area contributed by atoms with Crippen molar-refractivity contribution in [3.05, 3.63) is 52.3 Å². The molecule has 1 aromatic heterocycles. The molecule has 6 nitrogen and oxygen atoms in total. The molecule has 7 heteroatoms. The van der Waals surface area contributed by atoms with Gasteiger partial charge in [0.1, 0.15) is 0 Å². The third-order valence-corrected chi connectivity index (χ3v) is 3.30. The van der Waals surface area contributed by atoms with Crippen molar-refractivity contribution in [2.75, 3.05) is 10.6 Å². The molecular weight excluding hydrogens is 338 g/mol. The number of halogens is 1. The molecule has 1 aromatic carbocycles. The summed E-state index contributed by atoms with van der Waals surface area (Å²) in [5.41, 5.74) is 1.93. The zero-order valence-corrected chi connectivity index (χ0v) is 12.6. The minimum atomic E-state index is -1.10. The summed E-state index contributed by atoms with van der Waals surface area (Å²) in [6.07, 6.45) is 2.58. The second-order valence-electron chi connectivity index (χ2n) is 4.33. The van der Waals surface area contributed by atoms with E-state index in [4.69, 9.17) is 5.11 Å². The van der Waals surface area contributed by atoms with Crippen molar-refractivity contribution in [2.45, 2.75) is 6.92 Å². The van der Waals surface area contributed by atoms with Crippen molar-refractivity contribution in [3.63, 3.8) is 0 Å². The number of carbonyl (C=O) groups is 2. The van der Waals surface area contributed by atoms with E-state index < -0.39 is 12.0 Å². The van der Waals surface area contributed by atoms with Crippen LogP contribution in [0.4, 0.5) is 16.2 Å². The minimum absolute atomic E-state index is 0.00420. The Morgan fingerprint density at radius 3 is 2.67 bits per heavy atom. The lowest BCUT2D eigenvalue weighted by molar-refractivity contribution is 0.0696. The molecule has 0 fully saturated rings. The number of aromatic carboxylic acids is 1. The number of aromatic nitrogens is 1. The van der Waals surface area contributed by atoms with E-state index >= 15 is 0 Å². The normalized spacial score (nSPS) is 10.0. The number of amides is 2. The SMILES string of the molecule is Cc1ccc(Br)c(NC(=O)Nc2cncc(C(=O)O)c2)c1. The van der Waals surface area contributed by atoms with Crippen LogP contribution in [0.1, 0.15) is 15.9 Å². The molecule has 0 aliphatic carbocycles. The van der Waals surface area contributed by atoms with Crippen LogP contribution in [0.2, 0.25) is 0 Å². The van der Waals surface area contributed by atoms with Gasteiger partial charge < -0.3 is 15.7 Å². The molecule has 2 amide bonds. The zero-order chi connectivity index (χ0) is 15.4. The largest absolute Gasteiger partial charge is 0.478 e. The summed E-state index contributed by atoms with van der Waals surface area (Å²) < 4.78 is 0.751. The average Bonchev–Trinajstić information content (AvgIpc) is 2.43. The number of carbonyl (C=O) groups excluding carboxylic acids is 1. The Bertz CT molecular complexity index is 704. The molecule has 2 aromatic rings. The topological polar surface area (TPSA) is 91.3 Å². The van der Waals surface area contributed by atoms with Gasteiger partial charge in [-0.25, -0.2) is 9.59 Å². The molecule has 0 atom stereocenters. The summed E-state index contributed by atoms with van der Waals surface area (Å²) in [6.45, 7) is 1.91. The summed E-state index contributed by atoms with van der Waals surface area (Å²) in [5, 5.41) is 14.1. The molecule has 21 heavy (non-hydrogen) atoms. The first kappa shape index (κ1) is 15.0. The minimum Gasteiger partial charge on any atom is -0.478 e. The van der Waals surface area contributed by atoms with Crippen LogP contribution in [0.15, 0.2) is 41.1 Å². The number of urea groups is 1. The molecule has 0 aliphatic heterocycles. The maximum atomic E-state index is 11.9. The van der Waals surface area contributed by atoms with Crippen LogP contribution in [0.5, 0.6) is 0 Å². The van der Waals surface area contributed by atoms with Crippen LogP contribution in [0.3, 0.4) is 0 Å². The highest BCUT2D eigenvalue weighted by Crippen LogP contribution is 2.23. The highest BCUT2D eigenvalue weighted by atomic mass is 79.9. The van der Waals surface area contributed by atoms with Gasteiger partial charge in [-0.05, 0) is 46.6 Å². The Kier molecular flexibility index (Phi) is 4.54. The summed E-state index contributed by atoms with van der Waals surface area (Å²) >= 11 is 3.34. The Balaban J connectivity index is 2.10. The zero-order valence-electron chi connectivity index (χ0n) is 11.1. The van der Waals surface area contributed by atoms with Gasteiger partial charge in [0.05, 0.1) is 23.1 Å². The van der Waals surface area contributed by atoms with E-state index in [9.17, 15) is 9.59 Å². The van der Waals surface area contributed by atoms with Crippen LogP contribution in [0.25, 0.3) is 0 Å². The quantitative estimate of drug-likeness (QED) is 0.790. The lowest BCUT2D eigenvalue weighted by atomic mass is 10.2. The number of aryl methyl sites for hydroxylation is 1. The van der Waals surface area contributed by atoms with E-state index in [1.165, 1.54) is 18.5 Å². The fourth-order valence-electron chi connectivity index (χ4n) is 1.64. The molecule has 3 N–H and O–H groups in total. The Hall–Kier alpha value is -2.41. The number of pyridine rings is 1. The molecule has 0 radical (unpaired) electrons. The Morgan fingerprint density at radius 2 is 1.95 bits per heavy atom. The van der Waals surface area contributed by atoms with Gasteiger partial charge in [0, 0.05) is 10.7 Å².